The van der Waals surface area contributed by atoms with Crippen LogP contribution in [0.25, 0.3) is 0 Å². The Labute approximate surface area is 87.1 Å². The Bertz CT molecular complexity index is 447. The first-order valence-corrected chi connectivity index (χ1v) is 4.77. The molecule has 2 rings (SSSR count). The Kier molecular flexibility index (Phi) is 2.51. The molecule has 15 heavy (non-hydrogen) atoms. The molecule has 0 saturated carbocycles. The lowest BCUT2D eigenvalue weighted by molar-refractivity contribution is 0.375. The molecule has 2 N–H and O–H groups in total. The summed E-state index contributed by atoms with van der Waals surface area (Å²) in [4.78, 5) is 4.17. The van der Waals surface area contributed by atoms with Crippen molar-refractivity contribution in [3.63, 3.8) is 0 Å². The molecule has 0 aliphatic carbocycles. The highest BCUT2D eigenvalue weighted by Crippen LogP contribution is 2.15. The number of rotatable bonds is 3. The second kappa shape index (κ2) is 3.82. The average Bonchev–Trinajstić information content (AvgIpc) is 2.84. The van der Waals surface area contributed by atoms with Gasteiger partial charge in [-0.1, -0.05) is 12.1 Å². The Morgan fingerprint density at radius 2 is 2.40 bits per heavy atom. The van der Waals surface area contributed by atoms with Crippen LogP contribution in [0.1, 0.15) is 30.2 Å². The van der Waals surface area contributed by atoms with Crippen molar-refractivity contribution in [2.75, 3.05) is 0 Å². The van der Waals surface area contributed by atoms with Crippen molar-refractivity contribution in [2.45, 2.75) is 19.4 Å². The number of aromatic nitrogens is 4. The van der Waals surface area contributed by atoms with Crippen molar-refractivity contribution >= 4 is 0 Å². The molecular weight excluding hydrogens is 194 g/mol. The molecule has 2 heterocycles. The topological polar surface area (TPSA) is 82.8 Å². The van der Waals surface area contributed by atoms with Crippen molar-refractivity contribution < 1.29 is 4.52 Å². The minimum atomic E-state index is -0.372. The zero-order valence-corrected chi connectivity index (χ0v) is 8.71. The summed E-state index contributed by atoms with van der Waals surface area (Å²) in [6, 6.07) is -0.372. The van der Waals surface area contributed by atoms with Gasteiger partial charge in [0.25, 0.3) is 0 Å². The summed E-state index contributed by atoms with van der Waals surface area (Å²) < 4.78 is 6.69. The maximum absolute atomic E-state index is 5.96. The summed E-state index contributed by atoms with van der Waals surface area (Å²) >= 11 is 0. The van der Waals surface area contributed by atoms with Crippen molar-refractivity contribution in [1.29, 1.82) is 0 Å². The fourth-order valence-corrected chi connectivity index (χ4v) is 1.29. The molecule has 0 fully saturated rings. The van der Waals surface area contributed by atoms with Gasteiger partial charge in [0.15, 0.2) is 5.82 Å². The predicted octanol–water partition coefficient (Wildman–Crippen LogP) is 0.414. The summed E-state index contributed by atoms with van der Waals surface area (Å²) in [5.41, 5.74) is 6.84. The lowest BCUT2D eigenvalue weighted by Gasteiger charge is -2.01. The largest absolute Gasteiger partial charge is 0.339 e. The van der Waals surface area contributed by atoms with Crippen LogP contribution >= 0.6 is 0 Å². The molecule has 0 bridgehead atoms. The van der Waals surface area contributed by atoms with Gasteiger partial charge in [-0.25, -0.2) is 0 Å². The molecule has 0 aliphatic heterocycles. The van der Waals surface area contributed by atoms with Crippen molar-refractivity contribution in [1.82, 2.24) is 19.9 Å². The first-order chi connectivity index (χ1) is 7.20. The van der Waals surface area contributed by atoms with E-state index in [2.05, 4.69) is 15.2 Å². The van der Waals surface area contributed by atoms with E-state index in [-0.39, 0.29) is 6.04 Å². The minimum Gasteiger partial charge on any atom is -0.339 e. The second-order valence-corrected chi connectivity index (χ2v) is 3.32. The van der Waals surface area contributed by atoms with Gasteiger partial charge in [0.05, 0.1) is 12.2 Å². The molecule has 0 amide bonds. The van der Waals surface area contributed by atoms with Crippen LogP contribution in [0.5, 0.6) is 0 Å². The van der Waals surface area contributed by atoms with E-state index in [0.717, 1.165) is 5.56 Å². The Balaban J connectivity index is 2.23. The fraction of sp³-hybridized carbons (Fsp3) is 0.444. The highest BCUT2D eigenvalue weighted by Gasteiger charge is 2.16. The molecule has 1 atom stereocenters. The monoisotopic (exact) mass is 207 g/mol. The molecule has 0 saturated heterocycles. The van der Waals surface area contributed by atoms with Crippen molar-refractivity contribution in [2.24, 2.45) is 12.8 Å². The first-order valence-electron chi connectivity index (χ1n) is 4.77. The summed E-state index contributed by atoms with van der Waals surface area (Å²) in [5.74, 6) is 1.10. The van der Waals surface area contributed by atoms with Crippen LogP contribution in [0.15, 0.2) is 16.9 Å². The molecule has 0 aliphatic rings. The standard InChI is InChI=1S/C9H13N5O/c1-3-7-12-9(13-15-7)8(10)6-4-11-14(2)5-6/h4-5,8H,3,10H2,1-2H3. The SMILES string of the molecule is CCc1nc(C(N)c2cnn(C)c2)no1. The van der Waals surface area contributed by atoms with Crippen molar-refractivity contribution in [3.05, 3.63) is 29.7 Å². The Morgan fingerprint density at radius 1 is 1.60 bits per heavy atom. The van der Waals surface area contributed by atoms with E-state index >= 15 is 0 Å². The maximum Gasteiger partial charge on any atom is 0.226 e. The summed E-state index contributed by atoms with van der Waals surface area (Å²) in [6.45, 7) is 1.95. The molecule has 6 nitrogen and oxygen atoms in total. The number of hydrogen-bond donors (Lipinski definition) is 1. The second-order valence-electron chi connectivity index (χ2n) is 3.32. The molecule has 0 spiro atoms. The molecular formula is C9H13N5O. The van der Waals surface area contributed by atoms with Gasteiger partial charge in [-0.3, -0.25) is 4.68 Å². The van der Waals surface area contributed by atoms with E-state index in [1.165, 1.54) is 0 Å². The van der Waals surface area contributed by atoms with E-state index in [1.807, 2.05) is 20.2 Å². The number of aryl methyl sites for hydroxylation is 2. The van der Waals surface area contributed by atoms with Crippen LogP contribution in [0, 0.1) is 0 Å². The van der Waals surface area contributed by atoms with Crippen LogP contribution in [0.3, 0.4) is 0 Å². The lowest BCUT2D eigenvalue weighted by Crippen LogP contribution is -2.12. The number of hydrogen-bond acceptors (Lipinski definition) is 5. The van der Waals surface area contributed by atoms with E-state index in [1.54, 1.807) is 10.9 Å². The lowest BCUT2D eigenvalue weighted by atomic mass is 10.2. The van der Waals surface area contributed by atoms with Gasteiger partial charge in [0, 0.05) is 25.2 Å². The Hall–Kier alpha value is -1.69. The average molecular weight is 207 g/mol. The molecule has 0 aromatic carbocycles. The zero-order chi connectivity index (χ0) is 10.8. The number of nitrogens with two attached hydrogens (primary N) is 1. The minimum absolute atomic E-state index is 0.372. The van der Waals surface area contributed by atoms with Crippen LogP contribution in [0.2, 0.25) is 0 Å². The van der Waals surface area contributed by atoms with Crippen LogP contribution in [-0.4, -0.2) is 19.9 Å². The highest BCUT2D eigenvalue weighted by atomic mass is 16.5. The smallest absolute Gasteiger partial charge is 0.226 e. The molecule has 2 aromatic rings. The van der Waals surface area contributed by atoms with E-state index < -0.39 is 0 Å². The van der Waals surface area contributed by atoms with Gasteiger partial charge < -0.3 is 10.3 Å². The summed E-state index contributed by atoms with van der Waals surface area (Å²) in [6.07, 6.45) is 4.26. The zero-order valence-electron chi connectivity index (χ0n) is 8.71. The predicted molar refractivity (Wildman–Crippen MR) is 52.9 cm³/mol. The van der Waals surface area contributed by atoms with Gasteiger partial charge >= 0.3 is 0 Å². The van der Waals surface area contributed by atoms with Gasteiger partial charge in [0.1, 0.15) is 0 Å². The number of nitrogens with zero attached hydrogens (tertiary/aromatic N) is 4. The van der Waals surface area contributed by atoms with E-state index in [0.29, 0.717) is 18.1 Å². The van der Waals surface area contributed by atoms with Crippen molar-refractivity contribution in [3.8, 4) is 0 Å². The van der Waals surface area contributed by atoms with Crippen LogP contribution < -0.4 is 5.73 Å². The van der Waals surface area contributed by atoms with Crippen LogP contribution in [-0.2, 0) is 13.5 Å². The third-order valence-corrected chi connectivity index (χ3v) is 2.15. The molecule has 0 radical (unpaired) electrons. The van der Waals surface area contributed by atoms with Gasteiger partial charge in [-0.2, -0.15) is 10.1 Å². The third-order valence-electron chi connectivity index (χ3n) is 2.15. The molecule has 80 valence electrons. The van der Waals surface area contributed by atoms with E-state index in [9.17, 15) is 0 Å². The Morgan fingerprint density at radius 3 is 2.93 bits per heavy atom. The summed E-state index contributed by atoms with van der Waals surface area (Å²) in [5, 5.41) is 7.87. The molecule has 6 heteroatoms. The van der Waals surface area contributed by atoms with E-state index in [4.69, 9.17) is 10.3 Å². The van der Waals surface area contributed by atoms with Gasteiger partial charge in [-0.15, -0.1) is 0 Å². The third kappa shape index (κ3) is 1.89. The molecule has 1 unspecified atom stereocenters. The molecule has 2 aromatic heterocycles. The quantitative estimate of drug-likeness (QED) is 0.788. The fourth-order valence-electron chi connectivity index (χ4n) is 1.29. The maximum atomic E-state index is 5.96. The van der Waals surface area contributed by atoms with Crippen LogP contribution in [0.4, 0.5) is 0 Å². The van der Waals surface area contributed by atoms with Gasteiger partial charge in [-0.05, 0) is 0 Å². The normalized spacial score (nSPS) is 13.0. The highest BCUT2D eigenvalue weighted by molar-refractivity contribution is 5.17. The van der Waals surface area contributed by atoms with Gasteiger partial charge in [0.2, 0.25) is 5.89 Å². The first kappa shape index (κ1) is 9.85. The summed E-state index contributed by atoms with van der Waals surface area (Å²) in [7, 11) is 1.84.